The van der Waals surface area contributed by atoms with Crippen LogP contribution in [0.3, 0.4) is 0 Å². The number of hydrogen-bond donors (Lipinski definition) is 2. The predicted molar refractivity (Wildman–Crippen MR) is 115 cm³/mol. The molecular weight excluding hydrogens is 434 g/mol. The molecule has 9 nitrogen and oxygen atoms in total. The Morgan fingerprint density at radius 1 is 1.00 bits per heavy atom. The SMILES string of the molecule is O[C@@H]1CO[C@H]2[C@@H]1OC[C@H]2Oc1nc2nc(-c3cnc(-c4ccccc4)nc3)c(Cl)cc2[nH]1. The second kappa shape index (κ2) is 7.79. The second-order valence-electron chi connectivity index (χ2n) is 7.71. The third kappa shape index (κ3) is 3.39. The highest BCUT2D eigenvalue weighted by atomic mass is 35.5. The number of aliphatic hydroxyl groups is 1. The van der Waals surface area contributed by atoms with Crippen LogP contribution in [-0.4, -0.2) is 67.7 Å². The van der Waals surface area contributed by atoms with E-state index >= 15 is 0 Å². The van der Waals surface area contributed by atoms with Crippen LogP contribution in [0.15, 0.2) is 48.8 Å². The van der Waals surface area contributed by atoms with Gasteiger partial charge in [-0.05, 0) is 6.07 Å². The van der Waals surface area contributed by atoms with E-state index in [2.05, 4.69) is 24.9 Å². The Kier molecular flexibility index (Phi) is 4.76. The molecule has 2 N–H and O–H groups in total. The van der Waals surface area contributed by atoms with Gasteiger partial charge in [0.15, 0.2) is 17.6 Å². The van der Waals surface area contributed by atoms with Crippen LogP contribution in [0.2, 0.25) is 5.02 Å². The maximum Gasteiger partial charge on any atom is 0.296 e. The van der Waals surface area contributed by atoms with E-state index in [0.29, 0.717) is 39.9 Å². The molecule has 2 aliphatic rings. The van der Waals surface area contributed by atoms with Gasteiger partial charge in [0.1, 0.15) is 18.3 Å². The molecule has 6 rings (SSSR count). The highest BCUT2D eigenvalue weighted by molar-refractivity contribution is 6.33. The zero-order chi connectivity index (χ0) is 21.7. The van der Waals surface area contributed by atoms with Crippen LogP contribution < -0.4 is 4.74 Å². The first-order chi connectivity index (χ1) is 15.7. The molecule has 3 aromatic heterocycles. The largest absolute Gasteiger partial charge is 0.456 e. The summed E-state index contributed by atoms with van der Waals surface area (Å²) in [5.41, 5.74) is 3.23. The Morgan fingerprint density at radius 2 is 1.78 bits per heavy atom. The van der Waals surface area contributed by atoms with Gasteiger partial charge < -0.3 is 24.3 Å². The fraction of sp³-hybridized carbons (Fsp3) is 0.273. The van der Waals surface area contributed by atoms with E-state index in [4.69, 9.17) is 25.8 Å². The number of H-pyrrole nitrogens is 1. The van der Waals surface area contributed by atoms with Crippen LogP contribution in [0.5, 0.6) is 6.01 Å². The summed E-state index contributed by atoms with van der Waals surface area (Å²) in [4.78, 5) is 21.0. The first kappa shape index (κ1) is 19.6. The van der Waals surface area contributed by atoms with Gasteiger partial charge in [0.25, 0.3) is 6.01 Å². The number of imidazole rings is 1. The topological polar surface area (TPSA) is 115 Å². The van der Waals surface area contributed by atoms with Crippen molar-refractivity contribution in [1.29, 1.82) is 0 Å². The van der Waals surface area contributed by atoms with Crippen molar-refractivity contribution in [3.63, 3.8) is 0 Å². The summed E-state index contributed by atoms with van der Waals surface area (Å²) in [6, 6.07) is 11.8. The number of nitrogens with one attached hydrogen (secondary N) is 1. The average Bonchev–Trinajstić information content (AvgIpc) is 3.51. The lowest BCUT2D eigenvalue weighted by atomic mass is 10.1. The van der Waals surface area contributed by atoms with Crippen LogP contribution in [0, 0.1) is 0 Å². The maximum atomic E-state index is 9.88. The van der Waals surface area contributed by atoms with Gasteiger partial charge in [0.2, 0.25) is 0 Å². The van der Waals surface area contributed by atoms with Gasteiger partial charge >= 0.3 is 0 Å². The minimum atomic E-state index is -0.636. The number of aliphatic hydroxyl groups excluding tert-OH is 1. The lowest BCUT2D eigenvalue weighted by Crippen LogP contribution is -2.34. The summed E-state index contributed by atoms with van der Waals surface area (Å²) >= 11 is 6.49. The number of benzene rings is 1. The molecule has 2 fully saturated rings. The Labute approximate surface area is 187 Å². The van der Waals surface area contributed by atoms with Gasteiger partial charge in [-0.1, -0.05) is 41.9 Å². The van der Waals surface area contributed by atoms with Gasteiger partial charge in [-0.15, -0.1) is 0 Å². The van der Waals surface area contributed by atoms with Crippen molar-refractivity contribution in [1.82, 2.24) is 24.9 Å². The average molecular weight is 452 g/mol. The van der Waals surface area contributed by atoms with E-state index in [0.717, 1.165) is 5.56 Å². The van der Waals surface area contributed by atoms with Crippen molar-refractivity contribution < 1.29 is 19.3 Å². The van der Waals surface area contributed by atoms with Crippen LogP contribution in [0.4, 0.5) is 0 Å². The van der Waals surface area contributed by atoms with Crippen molar-refractivity contribution in [2.45, 2.75) is 24.4 Å². The summed E-state index contributed by atoms with van der Waals surface area (Å²) < 4.78 is 17.1. The van der Waals surface area contributed by atoms with Gasteiger partial charge in [-0.2, -0.15) is 4.98 Å². The van der Waals surface area contributed by atoms with E-state index in [1.165, 1.54) is 0 Å². The van der Waals surface area contributed by atoms with Gasteiger partial charge in [0, 0.05) is 23.5 Å². The Bertz CT molecular complexity index is 1270. The molecule has 2 saturated heterocycles. The molecule has 1 aromatic carbocycles. The Balaban J connectivity index is 1.26. The number of aromatic amines is 1. The highest BCUT2D eigenvalue weighted by Crippen LogP contribution is 2.32. The van der Waals surface area contributed by atoms with Gasteiger partial charge in [-0.3, -0.25) is 0 Å². The standard InChI is InChI=1S/C22H18ClN5O4/c23-13-6-14-21(28-22(26-14)32-16-10-31-18-15(29)9-30-19(16)18)27-17(13)12-7-24-20(25-8-12)11-4-2-1-3-5-11/h1-8,15-16,18-19,29H,9-10H2,(H,26,27,28)/t15-,16-,18-,19-/m1/s1. The van der Waals surface area contributed by atoms with Crippen molar-refractivity contribution in [3.8, 4) is 28.7 Å². The molecule has 10 heteroatoms. The zero-order valence-electron chi connectivity index (χ0n) is 16.7. The zero-order valence-corrected chi connectivity index (χ0v) is 17.4. The van der Waals surface area contributed by atoms with Gasteiger partial charge in [0.05, 0.1) is 29.4 Å². The number of hydrogen-bond acceptors (Lipinski definition) is 8. The molecule has 162 valence electrons. The van der Waals surface area contributed by atoms with E-state index in [1.54, 1.807) is 18.5 Å². The normalized spacial score (nSPS) is 24.7. The maximum absolute atomic E-state index is 9.88. The summed E-state index contributed by atoms with van der Waals surface area (Å²) in [6.45, 7) is 0.551. The quantitative estimate of drug-likeness (QED) is 0.486. The molecular formula is C22H18ClN5O4. The fourth-order valence-corrected chi connectivity index (χ4v) is 4.29. The van der Waals surface area contributed by atoms with E-state index < -0.39 is 6.10 Å². The first-order valence-corrected chi connectivity index (χ1v) is 10.6. The smallest absolute Gasteiger partial charge is 0.296 e. The second-order valence-corrected chi connectivity index (χ2v) is 8.12. The summed E-state index contributed by atoms with van der Waals surface area (Å²) in [5.74, 6) is 0.623. The van der Waals surface area contributed by atoms with Gasteiger partial charge in [-0.25, -0.2) is 15.0 Å². The van der Waals surface area contributed by atoms with Crippen molar-refractivity contribution in [2.24, 2.45) is 0 Å². The van der Waals surface area contributed by atoms with E-state index in [-0.39, 0.29) is 30.9 Å². The number of halogens is 1. The third-order valence-corrected chi connectivity index (χ3v) is 5.90. The van der Waals surface area contributed by atoms with Crippen molar-refractivity contribution in [3.05, 3.63) is 53.8 Å². The molecule has 0 spiro atoms. The first-order valence-electron chi connectivity index (χ1n) is 10.2. The molecule has 0 unspecified atom stereocenters. The minimum Gasteiger partial charge on any atom is -0.456 e. The molecule has 4 atom stereocenters. The number of ether oxygens (including phenoxy) is 3. The summed E-state index contributed by atoms with van der Waals surface area (Å²) in [7, 11) is 0. The van der Waals surface area contributed by atoms with Crippen LogP contribution in [0.1, 0.15) is 0 Å². The number of fused-ring (bicyclic) bond motifs is 2. The molecule has 0 amide bonds. The summed E-state index contributed by atoms with van der Waals surface area (Å²) in [6.07, 6.45) is 1.68. The number of aromatic nitrogens is 5. The lowest BCUT2D eigenvalue weighted by molar-refractivity contribution is 0.00706. The lowest BCUT2D eigenvalue weighted by Gasteiger charge is -2.15. The number of rotatable bonds is 4. The van der Waals surface area contributed by atoms with E-state index in [1.807, 2.05) is 30.3 Å². The Morgan fingerprint density at radius 3 is 2.59 bits per heavy atom. The number of pyridine rings is 1. The number of nitrogens with zero attached hydrogens (tertiary/aromatic N) is 4. The molecule has 2 aliphatic heterocycles. The third-order valence-electron chi connectivity index (χ3n) is 5.61. The monoisotopic (exact) mass is 451 g/mol. The minimum absolute atomic E-state index is 0.237. The summed E-state index contributed by atoms with van der Waals surface area (Å²) in [5, 5.41) is 10.3. The highest BCUT2D eigenvalue weighted by Gasteiger charge is 2.48. The molecule has 4 aromatic rings. The Hall–Kier alpha value is -3.11. The van der Waals surface area contributed by atoms with Crippen LogP contribution in [-0.2, 0) is 9.47 Å². The predicted octanol–water partition coefficient (Wildman–Crippen LogP) is 2.64. The van der Waals surface area contributed by atoms with Crippen molar-refractivity contribution >= 4 is 22.8 Å². The molecule has 0 radical (unpaired) electrons. The molecule has 32 heavy (non-hydrogen) atoms. The fourth-order valence-electron chi connectivity index (χ4n) is 4.03. The van der Waals surface area contributed by atoms with Crippen LogP contribution in [0.25, 0.3) is 33.8 Å². The molecule has 0 bridgehead atoms. The molecule has 0 aliphatic carbocycles. The van der Waals surface area contributed by atoms with Crippen LogP contribution >= 0.6 is 11.6 Å². The molecule has 0 saturated carbocycles. The molecule has 5 heterocycles. The van der Waals surface area contributed by atoms with Crippen molar-refractivity contribution in [2.75, 3.05) is 13.2 Å². The van der Waals surface area contributed by atoms with E-state index in [9.17, 15) is 5.11 Å².